The molecule has 1 fully saturated rings. The van der Waals surface area contributed by atoms with Gasteiger partial charge in [0.05, 0.1) is 11.6 Å². The number of carboxylic acids is 1. The monoisotopic (exact) mass is 241 g/mol. The average molecular weight is 241 g/mol. The number of benzene rings is 1. The number of carbonyl (C=O) groups excluding carboxylic acids is 1. The predicted molar refractivity (Wildman–Crippen MR) is 54.5 cm³/mol. The number of hydrogen-bond donors (Lipinski definition) is 1. The number of nitrogens with zero attached hydrogens (tertiary/aromatic N) is 1. The van der Waals surface area contributed by atoms with Gasteiger partial charge in [0.15, 0.2) is 11.6 Å². The molecule has 1 aromatic rings. The number of halogens is 2. The van der Waals surface area contributed by atoms with Crippen LogP contribution in [0.3, 0.4) is 0 Å². The highest BCUT2D eigenvalue weighted by molar-refractivity contribution is 5.99. The van der Waals surface area contributed by atoms with Crippen molar-refractivity contribution < 1.29 is 23.5 Å². The van der Waals surface area contributed by atoms with E-state index in [9.17, 15) is 18.4 Å². The van der Waals surface area contributed by atoms with Gasteiger partial charge in [0, 0.05) is 13.0 Å². The summed E-state index contributed by atoms with van der Waals surface area (Å²) >= 11 is 0. The number of carboxylic acid groups (broad SMARTS) is 1. The highest BCUT2D eigenvalue weighted by atomic mass is 19.2. The van der Waals surface area contributed by atoms with Crippen molar-refractivity contribution >= 4 is 17.6 Å². The second-order valence-corrected chi connectivity index (χ2v) is 3.82. The molecule has 1 aromatic carbocycles. The van der Waals surface area contributed by atoms with Gasteiger partial charge in [0.25, 0.3) is 0 Å². The van der Waals surface area contributed by atoms with Crippen LogP contribution in [0.15, 0.2) is 18.2 Å². The molecule has 0 saturated carbocycles. The Morgan fingerprint density at radius 2 is 2.12 bits per heavy atom. The molecule has 0 bridgehead atoms. The molecule has 2 rings (SSSR count). The predicted octanol–water partition coefficient (Wildman–Crippen LogP) is 1.40. The normalized spacial score (nSPS) is 19.8. The van der Waals surface area contributed by atoms with E-state index < -0.39 is 29.4 Å². The van der Waals surface area contributed by atoms with Gasteiger partial charge in [-0.15, -0.1) is 0 Å². The zero-order chi connectivity index (χ0) is 12.6. The maximum Gasteiger partial charge on any atom is 0.308 e. The zero-order valence-electron chi connectivity index (χ0n) is 8.69. The van der Waals surface area contributed by atoms with E-state index in [0.717, 1.165) is 11.0 Å². The van der Waals surface area contributed by atoms with E-state index in [-0.39, 0.29) is 18.7 Å². The summed E-state index contributed by atoms with van der Waals surface area (Å²) in [6.07, 6.45) is -0.189. The molecule has 90 valence electrons. The van der Waals surface area contributed by atoms with Crippen LogP contribution in [-0.4, -0.2) is 23.5 Å². The molecule has 0 aliphatic carbocycles. The molecule has 0 spiro atoms. The van der Waals surface area contributed by atoms with Gasteiger partial charge < -0.3 is 10.0 Å². The topological polar surface area (TPSA) is 57.6 Å². The Labute approximate surface area is 95.5 Å². The molecule has 1 amide bonds. The smallest absolute Gasteiger partial charge is 0.308 e. The van der Waals surface area contributed by atoms with Gasteiger partial charge in [-0.05, 0) is 12.1 Å². The summed E-state index contributed by atoms with van der Waals surface area (Å²) < 4.78 is 26.4. The van der Waals surface area contributed by atoms with Crippen LogP contribution >= 0.6 is 0 Å². The van der Waals surface area contributed by atoms with Crippen LogP contribution < -0.4 is 4.90 Å². The second kappa shape index (κ2) is 4.12. The van der Waals surface area contributed by atoms with Crippen LogP contribution in [0.1, 0.15) is 6.42 Å². The molecule has 0 aromatic heterocycles. The third kappa shape index (κ3) is 1.98. The van der Waals surface area contributed by atoms with Crippen molar-refractivity contribution in [1.82, 2.24) is 0 Å². The van der Waals surface area contributed by atoms with E-state index in [1.807, 2.05) is 0 Å². The summed E-state index contributed by atoms with van der Waals surface area (Å²) in [5.74, 6) is -4.69. The molecule has 1 unspecified atom stereocenters. The minimum atomic E-state index is -1.13. The minimum Gasteiger partial charge on any atom is -0.481 e. The van der Waals surface area contributed by atoms with Crippen LogP contribution in [-0.2, 0) is 9.59 Å². The van der Waals surface area contributed by atoms with Gasteiger partial charge in [0.1, 0.15) is 0 Å². The number of amides is 1. The first kappa shape index (κ1) is 11.5. The molecule has 4 nitrogen and oxygen atoms in total. The maximum atomic E-state index is 13.4. The van der Waals surface area contributed by atoms with Gasteiger partial charge in [-0.2, -0.15) is 0 Å². The molecule has 1 aliphatic rings. The highest BCUT2D eigenvalue weighted by Gasteiger charge is 2.36. The van der Waals surface area contributed by atoms with Crippen LogP contribution in [0.25, 0.3) is 0 Å². The Morgan fingerprint density at radius 1 is 1.41 bits per heavy atom. The lowest BCUT2D eigenvalue weighted by atomic mass is 10.1. The van der Waals surface area contributed by atoms with Crippen LogP contribution in [0.5, 0.6) is 0 Å². The van der Waals surface area contributed by atoms with E-state index in [0.29, 0.717) is 0 Å². The average Bonchev–Trinajstić information content (AvgIpc) is 2.65. The molecular formula is C11H9F2NO3. The molecular weight excluding hydrogens is 232 g/mol. The Balaban J connectivity index is 2.32. The lowest BCUT2D eigenvalue weighted by Gasteiger charge is -2.16. The minimum absolute atomic E-state index is 0.130. The number of carbonyl (C=O) groups is 2. The van der Waals surface area contributed by atoms with Gasteiger partial charge in [0.2, 0.25) is 5.91 Å². The summed E-state index contributed by atoms with van der Waals surface area (Å²) in [4.78, 5) is 23.2. The van der Waals surface area contributed by atoms with E-state index >= 15 is 0 Å². The number of hydrogen-bond acceptors (Lipinski definition) is 2. The highest BCUT2D eigenvalue weighted by Crippen LogP contribution is 2.28. The van der Waals surface area contributed by atoms with Gasteiger partial charge in [-0.3, -0.25) is 9.59 Å². The fraction of sp³-hybridized carbons (Fsp3) is 0.273. The van der Waals surface area contributed by atoms with E-state index in [1.165, 1.54) is 12.1 Å². The van der Waals surface area contributed by atoms with Crippen LogP contribution in [0.2, 0.25) is 0 Å². The van der Waals surface area contributed by atoms with Gasteiger partial charge in [-0.1, -0.05) is 6.07 Å². The fourth-order valence-electron chi connectivity index (χ4n) is 1.81. The standard InChI is InChI=1S/C11H9F2NO3/c12-7-2-1-3-8(10(7)13)14-5-6(11(16)17)4-9(14)15/h1-3,6H,4-5H2,(H,16,17). The summed E-state index contributed by atoms with van der Waals surface area (Å²) in [7, 11) is 0. The molecule has 0 radical (unpaired) electrons. The molecule has 1 N–H and O–H groups in total. The maximum absolute atomic E-state index is 13.4. The second-order valence-electron chi connectivity index (χ2n) is 3.82. The molecule has 6 heteroatoms. The molecule has 1 aliphatic heterocycles. The zero-order valence-corrected chi connectivity index (χ0v) is 8.69. The van der Waals surface area contributed by atoms with Crippen molar-refractivity contribution in [2.24, 2.45) is 5.92 Å². The first-order valence-corrected chi connectivity index (χ1v) is 4.98. The van der Waals surface area contributed by atoms with Crippen molar-refractivity contribution in [3.05, 3.63) is 29.8 Å². The van der Waals surface area contributed by atoms with E-state index in [4.69, 9.17) is 5.11 Å². The number of anilines is 1. The number of aliphatic carboxylic acids is 1. The Hall–Kier alpha value is -1.98. The molecule has 17 heavy (non-hydrogen) atoms. The van der Waals surface area contributed by atoms with Gasteiger partial charge in [-0.25, -0.2) is 8.78 Å². The SMILES string of the molecule is O=C(O)C1CC(=O)N(c2cccc(F)c2F)C1. The first-order valence-electron chi connectivity index (χ1n) is 4.98. The quantitative estimate of drug-likeness (QED) is 0.851. The largest absolute Gasteiger partial charge is 0.481 e. The van der Waals surface area contributed by atoms with Crippen molar-refractivity contribution in [1.29, 1.82) is 0 Å². The molecule has 1 atom stereocenters. The van der Waals surface area contributed by atoms with Crippen molar-refractivity contribution in [3.63, 3.8) is 0 Å². The van der Waals surface area contributed by atoms with E-state index in [2.05, 4.69) is 0 Å². The van der Waals surface area contributed by atoms with Crippen LogP contribution in [0.4, 0.5) is 14.5 Å². The van der Waals surface area contributed by atoms with Crippen molar-refractivity contribution in [2.45, 2.75) is 6.42 Å². The lowest BCUT2D eigenvalue weighted by molar-refractivity contribution is -0.141. The Morgan fingerprint density at radius 3 is 2.71 bits per heavy atom. The summed E-state index contributed by atoms with van der Waals surface area (Å²) in [5.41, 5.74) is -0.209. The van der Waals surface area contributed by atoms with Crippen molar-refractivity contribution in [2.75, 3.05) is 11.4 Å². The number of rotatable bonds is 2. The first-order chi connectivity index (χ1) is 8.00. The summed E-state index contributed by atoms with van der Waals surface area (Å²) in [6.45, 7) is -0.130. The molecule has 1 heterocycles. The van der Waals surface area contributed by atoms with Crippen molar-refractivity contribution in [3.8, 4) is 0 Å². The third-order valence-electron chi connectivity index (χ3n) is 2.70. The molecule has 1 saturated heterocycles. The Bertz CT molecular complexity index is 490. The third-order valence-corrected chi connectivity index (χ3v) is 2.70. The van der Waals surface area contributed by atoms with Crippen LogP contribution in [0, 0.1) is 17.6 Å². The fourth-order valence-corrected chi connectivity index (χ4v) is 1.81. The van der Waals surface area contributed by atoms with E-state index in [1.54, 1.807) is 0 Å². The lowest BCUT2D eigenvalue weighted by Crippen LogP contribution is -2.26. The summed E-state index contributed by atoms with van der Waals surface area (Å²) in [5, 5.41) is 8.77. The van der Waals surface area contributed by atoms with Gasteiger partial charge >= 0.3 is 5.97 Å². The summed E-state index contributed by atoms with van der Waals surface area (Å²) in [6, 6.07) is 3.46. The Kier molecular flexibility index (Phi) is 2.79.